The monoisotopic (exact) mass is 207 g/mol. The molecule has 0 radical (unpaired) electrons. The SMILES string of the molecule is CCCC1=CC(=O)[C@H]2CCC[C@H](C)C2N1. The van der Waals surface area contributed by atoms with Gasteiger partial charge in [0.05, 0.1) is 0 Å². The maximum atomic E-state index is 11.9. The Hall–Kier alpha value is -0.790. The largest absolute Gasteiger partial charge is 0.384 e. The Balaban J connectivity index is 2.14. The minimum absolute atomic E-state index is 0.259. The number of fused-ring (bicyclic) bond motifs is 1. The number of rotatable bonds is 2. The highest BCUT2D eigenvalue weighted by molar-refractivity contribution is 5.93. The Kier molecular flexibility index (Phi) is 3.13. The zero-order valence-corrected chi connectivity index (χ0v) is 9.75. The molecule has 0 amide bonds. The number of carbonyl (C=O) groups excluding carboxylic acids is 1. The molecule has 1 saturated carbocycles. The number of carbonyl (C=O) groups is 1. The van der Waals surface area contributed by atoms with Crippen LogP contribution < -0.4 is 5.32 Å². The molecule has 2 rings (SSSR count). The number of nitrogens with one attached hydrogen (secondary N) is 1. The lowest BCUT2D eigenvalue weighted by Crippen LogP contribution is -2.49. The molecule has 2 heteroatoms. The number of hydrogen-bond acceptors (Lipinski definition) is 2. The second-order valence-electron chi connectivity index (χ2n) is 5.01. The molecule has 0 bridgehead atoms. The molecular weight excluding hydrogens is 186 g/mol. The van der Waals surface area contributed by atoms with E-state index in [0.29, 0.717) is 17.7 Å². The third-order valence-electron chi connectivity index (χ3n) is 3.77. The van der Waals surface area contributed by atoms with Crippen molar-refractivity contribution in [1.82, 2.24) is 5.32 Å². The van der Waals surface area contributed by atoms with Crippen LogP contribution in [0.3, 0.4) is 0 Å². The van der Waals surface area contributed by atoms with Gasteiger partial charge in [-0.05, 0) is 25.2 Å². The first-order chi connectivity index (χ1) is 7.22. The molecule has 84 valence electrons. The van der Waals surface area contributed by atoms with Crippen LogP contribution in [0.1, 0.15) is 46.0 Å². The number of allylic oxidation sites excluding steroid dienone is 2. The van der Waals surface area contributed by atoms with E-state index in [4.69, 9.17) is 0 Å². The Morgan fingerprint density at radius 3 is 3.00 bits per heavy atom. The summed E-state index contributed by atoms with van der Waals surface area (Å²) in [5, 5.41) is 3.58. The van der Waals surface area contributed by atoms with Crippen LogP contribution >= 0.6 is 0 Å². The lowest BCUT2D eigenvalue weighted by molar-refractivity contribution is -0.121. The lowest BCUT2D eigenvalue weighted by Gasteiger charge is -2.39. The van der Waals surface area contributed by atoms with Crippen molar-refractivity contribution in [1.29, 1.82) is 0 Å². The molecule has 0 saturated heterocycles. The van der Waals surface area contributed by atoms with Gasteiger partial charge in [0.25, 0.3) is 0 Å². The molecule has 1 unspecified atom stereocenters. The number of hydrogen-bond donors (Lipinski definition) is 1. The quantitative estimate of drug-likeness (QED) is 0.754. The van der Waals surface area contributed by atoms with Crippen LogP contribution in [0.4, 0.5) is 0 Å². The van der Waals surface area contributed by atoms with Gasteiger partial charge in [0, 0.05) is 23.7 Å². The minimum Gasteiger partial charge on any atom is -0.384 e. The Labute approximate surface area is 92.1 Å². The average molecular weight is 207 g/mol. The smallest absolute Gasteiger partial charge is 0.162 e. The summed E-state index contributed by atoms with van der Waals surface area (Å²) in [7, 11) is 0. The van der Waals surface area contributed by atoms with Gasteiger partial charge in [0.15, 0.2) is 5.78 Å². The third-order valence-corrected chi connectivity index (χ3v) is 3.77. The molecule has 15 heavy (non-hydrogen) atoms. The lowest BCUT2D eigenvalue weighted by atomic mass is 9.74. The summed E-state index contributed by atoms with van der Waals surface area (Å²) < 4.78 is 0. The van der Waals surface area contributed by atoms with Crippen molar-refractivity contribution >= 4 is 5.78 Å². The van der Waals surface area contributed by atoms with E-state index in [1.54, 1.807) is 0 Å². The minimum atomic E-state index is 0.259. The average Bonchev–Trinajstić information content (AvgIpc) is 2.20. The van der Waals surface area contributed by atoms with E-state index < -0.39 is 0 Å². The van der Waals surface area contributed by atoms with E-state index in [0.717, 1.165) is 25.0 Å². The molecule has 1 aliphatic heterocycles. The summed E-state index contributed by atoms with van der Waals surface area (Å²) in [4.78, 5) is 11.9. The predicted molar refractivity (Wildman–Crippen MR) is 61.4 cm³/mol. The highest BCUT2D eigenvalue weighted by Gasteiger charge is 2.37. The van der Waals surface area contributed by atoms with Crippen molar-refractivity contribution in [2.24, 2.45) is 11.8 Å². The zero-order valence-electron chi connectivity index (χ0n) is 9.75. The van der Waals surface area contributed by atoms with Crippen molar-refractivity contribution in [3.05, 3.63) is 11.8 Å². The maximum absolute atomic E-state index is 11.9. The topological polar surface area (TPSA) is 29.1 Å². The summed E-state index contributed by atoms with van der Waals surface area (Å²) >= 11 is 0. The van der Waals surface area contributed by atoms with Gasteiger partial charge < -0.3 is 5.32 Å². The fourth-order valence-electron chi connectivity index (χ4n) is 2.93. The van der Waals surface area contributed by atoms with Crippen LogP contribution in [-0.2, 0) is 4.79 Å². The Bertz CT molecular complexity index is 282. The summed E-state index contributed by atoms with van der Waals surface area (Å²) in [6.45, 7) is 4.43. The molecule has 2 nitrogen and oxygen atoms in total. The third kappa shape index (κ3) is 2.09. The van der Waals surface area contributed by atoms with Crippen LogP contribution in [-0.4, -0.2) is 11.8 Å². The van der Waals surface area contributed by atoms with E-state index in [9.17, 15) is 4.79 Å². The predicted octanol–water partition coefficient (Wildman–Crippen LogP) is 2.65. The van der Waals surface area contributed by atoms with Crippen LogP contribution in [0.5, 0.6) is 0 Å². The molecule has 1 aliphatic carbocycles. The second kappa shape index (κ2) is 4.38. The Morgan fingerprint density at radius 2 is 2.27 bits per heavy atom. The molecule has 0 aromatic carbocycles. The van der Waals surface area contributed by atoms with E-state index >= 15 is 0 Å². The van der Waals surface area contributed by atoms with Crippen molar-refractivity contribution in [3.8, 4) is 0 Å². The van der Waals surface area contributed by atoms with Gasteiger partial charge in [-0.2, -0.15) is 0 Å². The van der Waals surface area contributed by atoms with E-state index in [2.05, 4.69) is 19.2 Å². The second-order valence-corrected chi connectivity index (χ2v) is 5.01. The van der Waals surface area contributed by atoms with E-state index in [1.807, 2.05) is 6.08 Å². The molecule has 2 aliphatic rings. The van der Waals surface area contributed by atoms with Gasteiger partial charge in [-0.15, -0.1) is 0 Å². The highest BCUT2D eigenvalue weighted by atomic mass is 16.1. The van der Waals surface area contributed by atoms with Gasteiger partial charge in [-0.1, -0.05) is 26.7 Å². The fraction of sp³-hybridized carbons (Fsp3) is 0.769. The Morgan fingerprint density at radius 1 is 1.47 bits per heavy atom. The normalized spacial score (nSPS) is 35.5. The van der Waals surface area contributed by atoms with Gasteiger partial charge in [0.2, 0.25) is 0 Å². The van der Waals surface area contributed by atoms with E-state index in [-0.39, 0.29) is 5.92 Å². The standard InChI is InChI=1S/C13H21NO/c1-3-5-10-8-12(15)11-7-4-6-9(2)13(11)14-10/h8-9,11,13-14H,3-7H2,1-2H3/t9-,11+,13?/m0/s1. The molecule has 3 atom stereocenters. The summed E-state index contributed by atoms with van der Waals surface area (Å²) in [5.74, 6) is 1.27. The molecule has 0 aromatic heterocycles. The van der Waals surface area contributed by atoms with Crippen molar-refractivity contribution in [3.63, 3.8) is 0 Å². The van der Waals surface area contributed by atoms with Crippen molar-refractivity contribution in [2.75, 3.05) is 0 Å². The summed E-state index contributed by atoms with van der Waals surface area (Å²) in [5.41, 5.74) is 1.16. The summed E-state index contributed by atoms with van der Waals surface area (Å²) in [6.07, 6.45) is 7.53. The molecule has 0 spiro atoms. The first-order valence-corrected chi connectivity index (χ1v) is 6.23. The van der Waals surface area contributed by atoms with Gasteiger partial charge in [0.1, 0.15) is 0 Å². The molecule has 0 aromatic rings. The molecular formula is C13H21NO. The number of ketones is 1. The highest BCUT2D eigenvalue weighted by Crippen LogP contribution is 2.33. The van der Waals surface area contributed by atoms with Gasteiger partial charge >= 0.3 is 0 Å². The van der Waals surface area contributed by atoms with Crippen molar-refractivity contribution < 1.29 is 4.79 Å². The van der Waals surface area contributed by atoms with Crippen LogP contribution in [0.25, 0.3) is 0 Å². The molecule has 1 fully saturated rings. The summed E-state index contributed by atoms with van der Waals surface area (Å²) in [6, 6.07) is 0.415. The van der Waals surface area contributed by atoms with Crippen molar-refractivity contribution in [2.45, 2.75) is 52.0 Å². The fourth-order valence-corrected chi connectivity index (χ4v) is 2.93. The van der Waals surface area contributed by atoms with Crippen LogP contribution in [0, 0.1) is 11.8 Å². The van der Waals surface area contributed by atoms with Crippen LogP contribution in [0.2, 0.25) is 0 Å². The first kappa shape index (κ1) is 10.7. The van der Waals surface area contributed by atoms with Crippen LogP contribution in [0.15, 0.2) is 11.8 Å². The molecule has 1 heterocycles. The van der Waals surface area contributed by atoms with Gasteiger partial charge in [-0.3, -0.25) is 4.79 Å². The molecule has 1 N–H and O–H groups in total. The first-order valence-electron chi connectivity index (χ1n) is 6.23. The van der Waals surface area contributed by atoms with Gasteiger partial charge in [-0.25, -0.2) is 0 Å². The van der Waals surface area contributed by atoms with E-state index in [1.165, 1.54) is 12.8 Å². The maximum Gasteiger partial charge on any atom is 0.162 e. The zero-order chi connectivity index (χ0) is 10.8.